The Kier molecular flexibility index (Phi) is 5.23. The molecule has 166 valence electrons. The molecule has 4 rings (SSSR count). The molecular formula is C23H33NO6. The normalized spacial score (nSPS) is 46.6. The van der Waals surface area contributed by atoms with Crippen molar-refractivity contribution >= 4 is 17.5 Å². The lowest BCUT2D eigenvalue weighted by Gasteiger charge is -2.60. The third-order valence-corrected chi connectivity index (χ3v) is 9.09. The van der Waals surface area contributed by atoms with Crippen LogP contribution in [0.1, 0.15) is 58.8 Å². The van der Waals surface area contributed by atoms with Crippen molar-refractivity contribution in [3.05, 3.63) is 11.6 Å². The molecule has 0 unspecified atom stereocenters. The Morgan fingerprint density at radius 3 is 2.60 bits per heavy atom. The molecule has 4 aliphatic carbocycles. The highest BCUT2D eigenvalue weighted by atomic mass is 16.4. The molecule has 0 radical (unpaired) electrons. The van der Waals surface area contributed by atoms with Gasteiger partial charge >= 0.3 is 5.97 Å². The van der Waals surface area contributed by atoms with Gasteiger partial charge in [0.1, 0.15) is 18.8 Å². The first kappa shape index (κ1) is 21.7. The van der Waals surface area contributed by atoms with Crippen LogP contribution in [-0.2, 0) is 9.59 Å². The predicted molar refractivity (Wildman–Crippen MR) is 110 cm³/mol. The molecule has 0 bridgehead atoms. The van der Waals surface area contributed by atoms with E-state index in [4.69, 9.17) is 5.11 Å². The van der Waals surface area contributed by atoms with Crippen molar-refractivity contribution in [3.8, 4) is 0 Å². The van der Waals surface area contributed by atoms with E-state index < -0.39 is 35.5 Å². The first-order valence-corrected chi connectivity index (χ1v) is 11.1. The summed E-state index contributed by atoms with van der Waals surface area (Å²) in [6.45, 7) is 3.23. The lowest BCUT2D eigenvalue weighted by molar-refractivity contribution is -0.181. The molecule has 7 atom stereocenters. The van der Waals surface area contributed by atoms with Crippen molar-refractivity contribution in [1.82, 2.24) is 0 Å². The van der Waals surface area contributed by atoms with Crippen LogP contribution in [0.4, 0.5) is 0 Å². The lowest BCUT2D eigenvalue weighted by Crippen LogP contribution is -2.62. The average molecular weight is 420 g/mol. The second kappa shape index (κ2) is 7.24. The van der Waals surface area contributed by atoms with Crippen LogP contribution in [0.15, 0.2) is 16.6 Å². The van der Waals surface area contributed by atoms with Gasteiger partial charge in [0.25, 0.3) is 0 Å². The van der Waals surface area contributed by atoms with Gasteiger partial charge in [-0.25, -0.2) is 0 Å². The van der Waals surface area contributed by atoms with E-state index in [0.717, 1.165) is 31.4 Å². The van der Waals surface area contributed by atoms with Crippen LogP contribution < -0.4 is 0 Å². The molecule has 3 fully saturated rings. The molecule has 0 aromatic rings. The topological polar surface area (TPSA) is 127 Å². The minimum atomic E-state index is -1.57. The van der Waals surface area contributed by atoms with Crippen LogP contribution >= 0.6 is 0 Å². The minimum absolute atomic E-state index is 0.0446. The Morgan fingerprint density at radius 2 is 1.93 bits per heavy atom. The van der Waals surface area contributed by atoms with Gasteiger partial charge in [0.05, 0.1) is 6.10 Å². The Morgan fingerprint density at radius 1 is 1.20 bits per heavy atom. The molecular weight excluding hydrogens is 386 g/mol. The number of Topliss-reactive ketones (excluding diaryl/α,β-unsaturated/α-hetero) is 1. The fourth-order valence-corrected chi connectivity index (χ4v) is 7.59. The number of carboxylic acid groups (broad SMARTS) is 1. The maximum Gasteiger partial charge on any atom is 0.325 e. The number of aliphatic hydroxyl groups is 3. The number of fused-ring (bicyclic) bond motifs is 5. The maximum atomic E-state index is 12.5. The molecule has 0 spiro atoms. The van der Waals surface area contributed by atoms with E-state index in [1.54, 1.807) is 0 Å². The largest absolute Gasteiger partial charge is 0.480 e. The van der Waals surface area contributed by atoms with E-state index in [1.807, 2.05) is 13.0 Å². The molecule has 7 nitrogen and oxygen atoms in total. The van der Waals surface area contributed by atoms with Crippen LogP contribution in [0.3, 0.4) is 0 Å². The van der Waals surface area contributed by atoms with Crippen LogP contribution in [0, 0.1) is 28.6 Å². The lowest BCUT2D eigenvalue weighted by atomic mass is 9.45. The third-order valence-electron chi connectivity index (χ3n) is 9.09. The Labute approximate surface area is 176 Å². The Hall–Kier alpha value is -1.57. The molecule has 0 aromatic carbocycles. The molecule has 0 heterocycles. The van der Waals surface area contributed by atoms with Gasteiger partial charge in [-0.3, -0.25) is 14.6 Å². The number of hydrogen-bond donors (Lipinski definition) is 4. The van der Waals surface area contributed by atoms with E-state index in [0.29, 0.717) is 19.3 Å². The number of aliphatic carboxylic acids is 1. The van der Waals surface area contributed by atoms with E-state index in [9.17, 15) is 24.9 Å². The van der Waals surface area contributed by atoms with Gasteiger partial charge < -0.3 is 20.4 Å². The second-order valence-corrected chi connectivity index (χ2v) is 10.3. The van der Waals surface area contributed by atoms with Crippen molar-refractivity contribution in [1.29, 1.82) is 0 Å². The number of carbonyl (C=O) groups excluding carboxylic acids is 1. The zero-order chi connectivity index (χ0) is 21.9. The van der Waals surface area contributed by atoms with E-state index >= 15 is 0 Å². The summed E-state index contributed by atoms with van der Waals surface area (Å²) < 4.78 is 0. The highest BCUT2D eigenvalue weighted by Gasteiger charge is 2.68. The smallest absolute Gasteiger partial charge is 0.325 e. The summed E-state index contributed by atoms with van der Waals surface area (Å²) in [5, 5.41) is 40.9. The van der Waals surface area contributed by atoms with Gasteiger partial charge in [0.15, 0.2) is 5.78 Å². The molecule has 7 heteroatoms. The number of hydrogen-bond acceptors (Lipinski definition) is 6. The highest BCUT2D eigenvalue weighted by molar-refractivity contribution is 5.97. The van der Waals surface area contributed by atoms with Crippen molar-refractivity contribution in [2.75, 3.05) is 13.2 Å². The number of aliphatic hydroxyl groups excluding tert-OH is 2. The fraction of sp³-hybridized carbons (Fsp3) is 0.783. The molecule has 3 saturated carbocycles. The zero-order valence-corrected chi connectivity index (χ0v) is 17.8. The summed E-state index contributed by atoms with van der Waals surface area (Å²) in [5.74, 6) is -1.09. The van der Waals surface area contributed by atoms with Gasteiger partial charge in [-0.15, -0.1) is 0 Å². The van der Waals surface area contributed by atoms with E-state index in [2.05, 4.69) is 11.9 Å². The van der Waals surface area contributed by atoms with Gasteiger partial charge in [-0.05, 0) is 74.2 Å². The average Bonchev–Trinajstić information content (AvgIpc) is 2.96. The number of rotatable bonds is 4. The highest BCUT2D eigenvalue weighted by Crippen LogP contribution is 2.67. The molecule has 0 aromatic heterocycles. The summed E-state index contributed by atoms with van der Waals surface area (Å²) in [7, 11) is 0. The first-order chi connectivity index (χ1) is 14.1. The van der Waals surface area contributed by atoms with Gasteiger partial charge in [0.2, 0.25) is 0 Å². The second-order valence-electron chi connectivity index (χ2n) is 10.3. The molecule has 0 saturated heterocycles. The molecule has 30 heavy (non-hydrogen) atoms. The summed E-state index contributed by atoms with van der Waals surface area (Å²) >= 11 is 0. The van der Waals surface area contributed by atoms with Crippen molar-refractivity contribution in [2.24, 2.45) is 33.6 Å². The number of nitrogens with zero attached hydrogens (tertiary/aromatic N) is 1. The first-order valence-electron chi connectivity index (χ1n) is 11.1. The number of ketones is 1. The van der Waals surface area contributed by atoms with Crippen molar-refractivity contribution in [2.45, 2.75) is 70.5 Å². The Balaban J connectivity index is 1.66. The third kappa shape index (κ3) is 2.93. The summed E-state index contributed by atoms with van der Waals surface area (Å²) in [6.07, 6.45) is 6.07. The summed E-state index contributed by atoms with van der Waals surface area (Å²) in [6, 6.07) is 0. The van der Waals surface area contributed by atoms with Crippen LogP contribution in [-0.4, -0.2) is 62.7 Å². The van der Waals surface area contributed by atoms with Crippen molar-refractivity contribution < 1.29 is 30.0 Å². The molecule has 4 N–H and O–H groups in total. The maximum absolute atomic E-state index is 12.5. The molecule has 0 aliphatic heterocycles. The number of allylic oxidation sites excluding steroid dienone is 2. The Bertz CT molecular complexity index is 821. The van der Waals surface area contributed by atoms with E-state index in [-0.39, 0.29) is 29.7 Å². The summed E-state index contributed by atoms with van der Waals surface area (Å²) in [5.41, 5.74) is -0.427. The number of aliphatic imine (C=N–C) groups is 1. The minimum Gasteiger partial charge on any atom is -0.480 e. The van der Waals surface area contributed by atoms with Crippen LogP contribution in [0.25, 0.3) is 0 Å². The standard InChI is InChI=1S/C23H33NO6/c1-21-7-5-14(24-11-19(28)29)9-13(21)3-4-15-16-6-8-23(30,18(27)12-25)22(16,2)10-17(26)20(15)21/h9,15-17,20,25-26,30H,3-8,10-12H2,1-2H3,(H,28,29)/t15-,16-,17-,20+,21-,22-,23-/m0/s1. The van der Waals surface area contributed by atoms with Gasteiger partial charge in [0, 0.05) is 11.1 Å². The molecule has 4 aliphatic rings. The fourth-order valence-electron chi connectivity index (χ4n) is 7.59. The SMILES string of the molecule is C[C@]12CCC(=NCC(=O)O)C=C1CC[C@@H]1[C@@H]2[C@@H](O)C[C@@]2(C)[C@H]1CC[C@]2(O)C(=O)CO. The van der Waals surface area contributed by atoms with Gasteiger partial charge in [-0.1, -0.05) is 19.4 Å². The quantitative estimate of drug-likeness (QED) is 0.550. The van der Waals surface area contributed by atoms with E-state index in [1.165, 1.54) is 5.57 Å². The molecule has 0 amide bonds. The van der Waals surface area contributed by atoms with Crippen molar-refractivity contribution in [3.63, 3.8) is 0 Å². The summed E-state index contributed by atoms with van der Waals surface area (Å²) in [4.78, 5) is 27.5. The van der Waals surface area contributed by atoms with Crippen LogP contribution in [0.5, 0.6) is 0 Å². The van der Waals surface area contributed by atoms with Crippen LogP contribution in [0.2, 0.25) is 0 Å². The zero-order valence-electron chi connectivity index (χ0n) is 17.8. The predicted octanol–water partition coefficient (Wildman–Crippen LogP) is 1.74. The number of carboxylic acids is 1. The monoisotopic (exact) mass is 419 g/mol. The number of carbonyl (C=O) groups is 2. The van der Waals surface area contributed by atoms with Gasteiger partial charge in [-0.2, -0.15) is 0 Å².